The van der Waals surface area contributed by atoms with Crippen LogP contribution in [0.2, 0.25) is 0 Å². The van der Waals surface area contributed by atoms with Crippen LogP contribution in [0.15, 0.2) is 42.5 Å². The summed E-state index contributed by atoms with van der Waals surface area (Å²) in [6, 6.07) is 11.3. The van der Waals surface area contributed by atoms with E-state index in [1.54, 1.807) is 30.3 Å². The van der Waals surface area contributed by atoms with Gasteiger partial charge in [0.15, 0.2) is 0 Å². The van der Waals surface area contributed by atoms with Gasteiger partial charge in [-0.05, 0) is 18.2 Å². The lowest BCUT2D eigenvalue weighted by Crippen LogP contribution is -1.99. The van der Waals surface area contributed by atoms with Gasteiger partial charge in [-0.3, -0.25) is 0 Å². The Balaban J connectivity index is 2.50. The summed E-state index contributed by atoms with van der Waals surface area (Å²) in [6.07, 6.45) is 0. The van der Waals surface area contributed by atoms with Crippen LogP contribution in [0.25, 0.3) is 21.8 Å². The molecule has 3 rings (SSSR count). The molecule has 0 aliphatic rings. The zero-order valence-electron chi connectivity index (χ0n) is 9.22. The van der Waals surface area contributed by atoms with Gasteiger partial charge < -0.3 is 5.11 Å². The Morgan fingerprint density at radius 1 is 1.06 bits per heavy atom. The van der Waals surface area contributed by atoms with E-state index in [4.69, 9.17) is 5.11 Å². The van der Waals surface area contributed by atoms with Crippen molar-refractivity contribution < 1.29 is 14.3 Å². The fourth-order valence-corrected chi connectivity index (χ4v) is 2.02. The van der Waals surface area contributed by atoms with Crippen LogP contribution in [0.5, 0.6) is 0 Å². The fourth-order valence-electron chi connectivity index (χ4n) is 2.02. The molecule has 18 heavy (non-hydrogen) atoms. The second kappa shape index (κ2) is 3.77. The number of hydrogen-bond acceptors (Lipinski definition) is 2. The third-order valence-corrected chi connectivity index (χ3v) is 2.85. The summed E-state index contributed by atoms with van der Waals surface area (Å²) in [4.78, 5) is 15.2. The molecule has 0 saturated carbocycles. The first-order chi connectivity index (χ1) is 8.66. The minimum atomic E-state index is -1.07. The second-order valence-corrected chi connectivity index (χ2v) is 3.98. The van der Waals surface area contributed by atoms with Gasteiger partial charge in [0.25, 0.3) is 0 Å². The van der Waals surface area contributed by atoms with Gasteiger partial charge in [0.1, 0.15) is 11.3 Å². The van der Waals surface area contributed by atoms with Gasteiger partial charge in [-0.1, -0.05) is 24.3 Å². The number of fused-ring (bicyclic) bond motifs is 2. The molecule has 0 aliphatic heterocycles. The van der Waals surface area contributed by atoms with Gasteiger partial charge >= 0.3 is 5.97 Å². The molecule has 0 atom stereocenters. The van der Waals surface area contributed by atoms with Gasteiger partial charge in [-0.15, -0.1) is 0 Å². The van der Waals surface area contributed by atoms with E-state index >= 15 is 0 Å². The van der Waals surface area contributed by atoms with Gasteiger partial charge in [0.05, 0.1) is 11.1 Å². The lowest BCUT2D eigenvalue weighted by Gasteiger charge is -2.04. The molecule has 0 saturated heterocycles. The summed E-state index contributed by atoms with van der Waals surface area (Å²) in [6.45, 7) is 0. The molecular weight excluding hydrogens is 233 g/mol. The van der Waals surface area contributed by atoms with E-state index in [2.05, 4.69) is 4.98 Å². The average Bonchev–Trinajstić information content (AvgIpc) is 2.36. The number of nitrogens with zero attached hydrogens (tertiary/aromatic N) is 1. The molecule has 0 unspecified atom stereocenters. The first-order valence-corrected chi connectivity index (χ1v) is 5.38. The molecule has 0 aliphatic carbocycles. The zero-order valence-corrected chi connectivity index (χ0v) is 9.22. The van der Waals surface area contributed by atoms with Gasteiger partial charge in [0, 0.05) is 10.8 Å². The smallest absolute Gasteiger partial charge is 0.337 e. The summed E-state index contributed by atoms with van der Waals surface area (Å²) in [7, 11) is 0. The maximum atomic E-state index is 13.6. The molecule has 3 aromatic rings. The predicted molar refractivity (Wildman–Crippen MR) is 66.2 cm³/mol. The van der Waals surface area contributed by atoms with Crippen molar-refractivity contribution in [1.29, 1.82) is 0 Å². The molecule has 1 heterocycles. The van der Waals surface area contributed by atoms with Crippen molar-refractivity contribution in [2.24, 2.45) is 0 Å². The Bertz CT molecular complexity index is 783. The SMILES string of the molecule is O=C(O)c1cccc2cc3cccc(F)c3nc12. The number of benzene rings is 2. The van der Waals surface area contributed by atoms with Crippen molar-refractivity contribution in [3.8, 4) is 0 Å². The number of aromatic nitrogens is 1. The first-order valence-electron chi connectivity index (χ1n) is 5.38. The van der Waals surface area contributed by atoms with Gasteiger partial charge in [-0.25, -0.2) is 14.2 Å². The van der Waals surface area contributed by atoms with Crippen LogP contribution in [0.4, 0.5) is 4.39 Å². The average molecular weight is 241 g/mol. The number of hydrogen-bond donors (Lipinski definition) is 1. The third kappa shape index (κ3) is 1.50. The molecule has 0 fully saturated rings. The number of carboxylic acids is 1. The molecule has 0 radical (unpaired) electrons. The van der Waals surface area contributed by atoms with E-state index in [1.807, 2.05) is 0 Å². The first kappa shape index (κ1) is 10.7. The van der Waals surface area contributed by atoms with Crippen molar-refractivity contribution >= 4 is 27.8 Å². The van der Waals surface area contributed by atoms with Crippen LogP contribution in [-0.2, 0) is 0 Å². The van der Waals surface area contributed by atoms with Gasteiger partial charge in [0.2, 0.25) is 0 Å². The highest BCUT2D eigenvalue weighted by Gasteiger charge is 2.11. The molecular formula is C14H8FNO2. The number of pyridine rings is 1. The summed E-state index contributed by atoms with van der Waals surface area (Å²) in [5.74, 6) is -1.52. The Kier molecular flexibility index (Phi) is 2.23. The summed E-state index contributed by atoms with van der Waals surface area (Å²) >= 11 is 0. The van der Waals surface area contributed by atoms with Crippen LogP contribution in [0, 0.1) is 5.82 Å². The van der Waals surface area contributed by atoms with E-state index in [0.29, 0.717) is 16.3 Å². The van der Waals surface area contributed by atoms with Crippen molar-refractivity contribution in [2.45, 2.75) is 0 Å². The highest BCUT2D eigenvalue weighted by atomic mass is 19.1. The second-order valence-electron chi connectivity index (χ2n) is 3.98. The van der Waals surface area contributed by atoms with E-state index in [1.165, 1.54) is 12.1 Å². The number of carboxylic acid groups (broad SMARTS) is 1. The van der Waals surface area contributed by atoms with Gasteiger partial charge in [-0.2, -0.15) is 0 Å². The molecule has 0 spiro atoms. The third-order valence-electron chi connectivity index (χ3n) is 2.85. The molecule has 4 heteroatoms. The normalized spacial score (nSPS) is 10.9. The van der Waals surface area contributed by atoms with Crippen molar-refractivity contribution in [3.63, 3.8) is 0 Å². The standard InChI is InChI=1S/C14H8FNO2/c15-11-6-2-4-9-7-8-3-1-5-10(14(17)18)12(8)16-13(9)11/h1-7H,(H,17,18). The zero-order chi connectivity index (χ0) is 12.7. The quantitative estimate of drug-likeness (QED) is 0.665. The minimum Gasteiger partial charge on any atom is -0.478 e. The lowest BCUT2D eigenvalue weighted by molar-refractivity contribution is 0.0699. The van der Waals surface area contributed by atoms with Crippen LogP contribution in [-0.4, -0.2) is 16.1 Å². The minimum absolute atomic E-state index is 0.0812. The monoisotopic (exact) mass is 241 g/mol. The topological polar surface area (TPSA) is 50.2 Å². The maximum absolute atomic E-state index is 13.6. The van der Waals surface area contributed by atoms with E-state index in [-0.39, 0.29) is 11.1 Å². The number of para-hydroxylation sites is 2. The van der Waals surface area contributed by atoms with E-state index in [0.717, 1.165) is 0 Å². The highest BCUT2D eigenvalue weighted by molar-refractivity contribution is 6.04. The largest absolute Gasteiger partial charge is 0.478 e. The Labute approximate surface area is 102 Å². The van der Waals surface area contributed by atoms with Crippen molar-refractivity contribution in [3.05, 3.63) is 53.8 Å². The summed E-state index contributed by atoms with van der Waals surface area (Å²) in [5.41, 5.74) is 0.582. The predicted octanol–water partition coefficient (Wildman–Crippen LogP) is 3.23. The van der Waals surface area contributed by atoms with Crippen molar-refractivity contribution in [2.75, 3.05) is 0 Å². The van der Waals surface area contributed by atoms with Crippen molar-refractivity contribution in [1.82, 2.24) is 4.98 Å². The summed E-state index contributed by atoms with van der Waals surface area (Å²) in [5, 5.41) is 10.4. The Morgan fingerprint density at radius 2 is 1.72 bits per heavy atom. The maximum Gasteiger partial charge on any atom is 0.337 e. The molecule has 0 amide bonds. The number of rotatable bonds is 1. The molecule has 0 bridgehead atoms. The highest BCUT2D eigenvalue weighted by Crippen LogP contribution is 2.23. The number of halogens is 1. The van der Waals surface area contributed by atoms with Crippen LogP contribution < -0.4 is 0 Å². The Morgan fingerprint density at radius 3 is 2.44 bits per heavy atom. The van der Waals surface area contributed by atoms with E-state index in [9.17, 15) is 9.18 Å². The number of carbonyl (C=O) groups is 1. The van der Waals surface area contributed by atoms with E-state index < -0.39 is 11.8 Å². The van der Waals surface area contributed by atoms with Crippen LogP contribution in [0.3, 0.4) is 0 Å². The molecule has 2 aromatic carbocycles. The molecule has 1 N–H and O–H groups in total. The van der Waals surface area contributed by atoms with Crippen LogP contribution in [0.1, 0.15) is 10.4 Å². The summed E-state index contributed by atoms with van der Waals surface area (Å²) < 4.78 is 13.6. The molecule has 88 valence electrons. The molecule has 1 aromatic heterocycles. The lowest BCUT2D eigenvalue weighted by atomic mass is 10.1. The Hall–Kier alpha value is -2.49. The number of aromatic carboxylic acids is 1. The van der Waals surface area contributed by atoms with Crippen LogP contribution >= 0.6 is 0 Å². The fraction of sp³-hybridized carbons (Fsp3) is 0. The molecule has 3 nitrogen and oxygen atoms in total.